The predicted molar refractivity (Wildman–Crippen MR) is 151 cm³/mol. The van der Waals surface area contributed by atoms with Gasteiger partial charge in [0.1, 0.15) is 11.5 Å². The van der Waals surface area contributed by atoms with Crippen molar-refractivity contribution in [1.29, 1.82) is 0 Å². The van der Waals surface area contributed by atoms with Crippen molar-refractivity contribution in [3.05, 3.63) is 52.1 Å². The van der Waals surface area contributed by atoms with Gasteiger partial charge in [0.05, 0.1) is 23.8 Å². The molecule has 0 radical (unpaired) electrons. The Morgan fingerprint density at radius 3 is 2.63 bits per heavy atom. The average molecular weight is 541 g/mol. The van der Waals surface area contributed by atoms with Crippen molar-refractivity contribution in [3.63, 3.8) is 0 Å². The summed E-state index contributed by atoms with van der Waals surface area (Å²) in [6.07, 6.45) is 3.43. The zero-order valence-electron chi connectivity index (χ0n) is 23.1. The van der Waals surface area contributed by atoms with Crippen LogP contribution in [-0.4, -0.2) is 81.1 Å². The Kier molecular flexibility index (Phi) is 7.85. The van der Waals surface area contributed by atoms with E-state index in [1.54, 1.807) is 15.5 Å². The number of nitrogens with zero attached hydrogens (tertiary/aromatic N) is 5. The first kappa shape index (κ1) is 27.7. The molecular formula is C27H37ClN8O2. The molecule has 3 N–H and O–H groups in total. The van der Waals surface area contributed by atoms with Crippen LogP contribution in [0.4, 0.5) is 5.82 Å². The molecule has 3 aromatic rings. The second-order valence-electron chi connectivity index (χ2n) is 11.2. The predicted octanol–water partition coefficient (Wildman–Crippen LogP) is 3.23. The number of benzene rings is 1. The topological polar surface area (TPSA) is 111 Å². The maximum absolute atomic E-state index is 13.1. The second-order valence-corrected chi connectivity index (χ2v) is 11.6. The molecule has 11 heteroatoms. The third-order valence-corrected chi connectivity index (χ3v) is 7.02. The van der Waals surface area contributed by atoms with Gasteiger partial charge in [-0.2, -0.15) is 5.10 Å². The number of imidazole rings is 1. The highest BCUT2D eigenvalue weighted by molar-refractivity contribution is 6.32. The van der Waals surface area contributed by atoms with Gasteiger partial charge in [-0.15, -0.1) is 0 Å². The van der Waals surface area contributed by atoms with Crippen LogP contribution in [0, 0.1) is 6.92 Å². The van der Waals surface area contributed by atoms with Crippen LogP contribution >= 0.6 is 11.6 Å². The summed E-state index contributed by atoms with van der Waals surface area (Å²) in [5.74, 6) is 1.18. The second kappa shape index (κ2) is 10.8. The fourth-order valence-corrected chi connectivity index (χ4v) is 5.00. The normalized spacial score (nSPS) is 14.5. The Balaban J connectivity index is 1.39. The molecule has 2 aromatic heterocycles. The molecule has 0 atom stereocenters. The molecule has 4 rings (SSSR count). The Labute approximate surface area is 228 Å². The van der Waals surface area contributed by atoms with Crippen LogP contribution in [0.1, 0.15) is 48.3 Å². The number of aryl methyl sites for hydroxylation is 1. The van der Waals surface area contributed by atoms with Gasteiger partial charge in [-0.1, -0.05) is 38.4 Å². The van der Waals surface area contributed by atoms with Crippen LogP contribution in [0.25, 0.3) is 10.9 Å². The number of anilines is 1. The molecule has 0 unspecified atom stereocenters. The number of hydrogen-bond donors (Lipinski definition) is 3. The number of amides is 2. The highest BCUT2D eigenvalue weighted by atomic mass is 35.5. The minimum absolute atomic E-state index is 0.0368. The highest BCUT2D eigenvalue weighted by Crippen LogP contribution is 2.34. The lowest BCUT2D eigenvalue weighted by molar-refractivity contribution is -0.130. The Morgan fingerprint density at radius 1 is 1.26 bits per heavy atom. The van der Waals surface area contributed by atoms with Crippen LogP contribution in [0.15, 0.2) is 24.3 Å². The number of H-pyrrole nitrogens is 1. The van der Waals surface area contributed by atoms with Gasteiger partial charge in [-0.05, 0) is 44.1 Å². The third kappa shape index (κ3) is 5.86. The molecule has 1 saturated heterocycles. The van der Waals surface area contributed by atoms with E-state index in [9.17, 15) is 9.59 Å². The van der Waals surface area contributed by atoms with Crippen molar-refractivity contribution in [3.8, 4) is 0 Å². The van der Waals surface area contributed by atoms with Gasteiger partial charge in [0, 0.05) is 43.2 Å². The number of likely N-dealkylation sites (N-methyl/N-ethyl adjacent to an activating group) is 1. The Hall–Kier alpha value is -3.37. The van der Waals surface area contributed by atoms with Gasteiger partial charge in [0.25, 0.3) is 5.91 Å². The minimum atomic E-state index is -0.196. The van der Waals surface area contributed by atoms with E-state index in [1.807, 2.05) is 45.1 Å². The molecule has 0 spiro atoms. The molecule has 1 fully saturated rings. The lowest BCUT2D eigenvalue weighted by atomic mass is 9.86. The SMILES string of the molecule is Cc1nc(CNc2n[nH]c3cc(Cl)c(C(C)(C)C)cc23)n(C)c1C(=O)NC1CN(C(=O)/C=C/CN(C)C)C1. The molecule has 0 bridgehead atoms. The van der Waals surface area contributed by atoms with Gasteiger partial charge < -0.3 is 25.0 Å². The fourth-order valence-electron chi connectivity index (χ4n) is 4.55. The highest BCUT2D eigenvalue weighted by Gasteiger charge is 2.32. The summed E-state index contributed by atoms with van der Waals surface area (Å²) >= 11 is 6.50. The molecule has 38 heavy (non-hydrogen) atoms. The molecule has 2 amide bonds. The Morgan fingerprint density at radius 2 is 1.97 bits per heavy atom. The van der Waals surface area contributed by atoms with Crippen molar-refractivity contribution in [2.45, 2.75) is 45.7 Å². The number of likely N-dealkylation sites (tertiary alicyclic amines) is 1. The zero-order chi connectivity index (χ0) is 27.8. The molecule has 0 aliphatic carbocycles. The van der Waals surface area contributed by atoms with Crippen LogP contribution in [0.5, 0.6) is 0 Å². The summed E-state index contributed by atoms with van der Waals surface area (Å²) in [6, 6.07) is 3.89. The van der Waals surface area contributed by atoms with E-state index in [2.05, 4.69) is 52.7 Å². The van der Waals surface area contributed by atoms with Gasteiger partial charge in [0.15, 0.2) is 5.82 Å². The van der Waals surface area contributed by atoms with Crippen molar-refractivity contribution in [1.82, 2.24) is 34.9 Å². The van der Waals surface area contributed by atoms with Crippen LogP contribution in [0.2, 0.25) is 5.02 Å². The lowest BCUT2D eigenvalue weighted by Crippen LogP contribution is -2.60. The summed E-state index contributed by atoms with van der Waals surface area (Å²) in [5.41, 5.74) is 2.94. The maximum Gasteiger partial charge on any atom is 0.270 e. The van der Waals surface area contributed by atoms with E-state index in [0.717, 1.165) is 16.5 Å². The standard InChI is InChI=1S/C27H37ClN8O2/c1-16-24(26(38)31-17-14-36(15-17)23(37)9-8-10-34(5)6)35(7)22(30-16)13-29-25-18-11-19(27(2,3)4)20(28)12-21(18)32-33-25/h8-9,11-12,17H,10,13-15H2,1-7H3,(H,31,38)(H2,29,32,33)/b9-8+. The van der Waals surface area contributed by atoms with E-state index in [1.165, 1.54) is 0 Å². The number of carbonyl (C=O) groups is 2. The number of fused-ring (bicyclic) bond motifs is 1. The van der Waals surface area contributed by atoms with E-state index >= 15 is 0 Å². The molecule has 0 saturated carbocycles. The molecule has 1 aliphatic rings. The number of rotatable bonds is 8. The van der Waals surface area contributed by atoms with Crippen LogP contribution in [-0.2, 0) is 23.8 Å². The molecule has 204 valence electrons. The minimum Gasteiger partial charge on any atom is -0.361 e. The zero-order valence-corrected chi connectivity index (χ0v) is 23.9. The van der Waals surface area contributed by atoms with Crippen molar-refractivity contribution < 1.29 is 9.59 Å². The molecule has 1 aliphatic heterocycles. The molecule has 1 aromatic carbocycles. The molecule has 3 heterocycles. The van der Waals surface area contributed by atoms with Gasteiger partial charge in [-0.25, -0.2) is 4.98 Å². The first-order valence-corrected chi connectivity index (χ1v) is 13.1. The first-order valence-electron chi connectivity index (χ1n) is 12.7. The summed E-state index contributed by atoms with van der Waals surface area (Å²) in [5, 5.41) is 15.5. The van der Waals surface area contributed by atoms with E-state index in [-0.39, 0.29) is 23.3 Å². The monoisotopic (exact) mass is 540 g/mol. The van der Waals surface area contributed by atoms with Crippen molar-refractivity contribution >= 4 is 40.1 Å². The summed E-state index contributed by atoms with van der Waals surface area (Å²) < 4.78 is 1.80. The number of aromatic nitrogens is 4. The van der Waals surface area contributed by atoms with E-state index in [4.69, 9.17) is 11.6 Å². The van der Waals surface area contributed by atoms with Gasteiger partial charge in [0.2, 0.25) is 5.91 Å². The lowest BCUT2D eigenvalue weighted by Gasteiger charge is -2.39. The van der Waals surface area contributed by atoms with Crippen molar-refractivity contribution in [2.24, 2.45) is 7.05 Å². The van der Waals surface area contributed by atoms with Crippen LogP contribution < -0.4 is 10.6 Å². The maximum atomic E-state index is 13.1. The van der Waals surface area contributed by atoms with Crippen molar-refractivity contribution in [2.75, 3.05) is 39.0 Å². The molecule has 10 nitrogen and oxygen atoms in total. The number of halogens is 1. The number of aromatic amines is 1. The largest absolute Gasteiger partial charge is 0.361 e. The smallest absolute Gasteiger partial charge is 0.270 e. The number of nitrogens with one attached hydrogen (secondary N) is 3. The Bertz CT molecular complexity index is 1380. The third-order valence-electron chi connectivity index (χ3n) is 6.71. The fraction of sp³-hybridized carbons (Fsp3) is 0.481. The first-order chi connectivity index (χ1) is 17.8. The summed E-state index contributed by atoms with van der Waals surface area (Å²) in [6.45, 7) is 10.3. The molecular weight excluding hydrogens is 504 g/mol. The van der Waals surface area contributed by atoms with Gasteiger partial charge >= 0.3 is 0 Å². The quantitative estimate of drug-likeness (QED) is 0.378. The van der Waals surface area contributed by atoms with E-state index < -0.39 is 0 Å². The van der Waals surface area contributed by atoms with Crippen LogP contribution in [0.3, 0.4) is 0 Å². The van der Waals surface area contributed by atoms with Gasteiger partial charge in [-0.3, -0.25) is 14.7 Å². The summed E-state index contributed by atoms with van der Waals surface area (Å²) in [7, 11) is 5.73. The average Bonchev–Trinajstić information content (AvgIpc) is 3.31. The number of hydrogen-bond acceptors (Lipinski definition) is 6. The summed E-state index contributed by atoms with van der Waals surface area (Å²) in [4.78, 5) is 33.6. The number of carbonyl (C=O) groups excluding carboxylic acids is 2. The van der Waals surface area contributed by atoms with E-state index in [0.29, 0.717) is 54.2 Å².